The van der Waals surface area contributed by atoms with Crippen molar-refractivity contribution in [3.8, 4) is 0 Å². The van der Waals surface area contributed by atoms with Crippen LogP contribution in [0.5, 0.6) is 0 Å². The molecule has 0 saturated heterocycles. The van der Waals surface area contributed by atoms with Crippen LogP contribution in [0, 0.1) is 6.92 Å². The van der Waals surface area contributed by atoms with Crippen LogP contribution in [-0.2, 0) is 33.3 Å². The predicted molar refractivity (Wildman–Crippen MR) is 150 cm³/mol. The van der Waals surface area contributed by atoms with Gasteiger partial charge in [0.05, 0.1) is 70.0 Å². The maximum atomic E-state index is 12.4. The first-order valence-corrected chi connectivity index (χ1v) is 13.9. The molecule has 0 saturated carbocycles. The zero-order chi connectivity index (χ0) is 29.6. The second-order valence-corrected chi connectivity index (χ2v) is 8.95. The van der Waals surface area contributed by atoms with E-state index < -0.39 is 17.9 Å². The number of imide groups is 1. The van der Waals surface area contributed by atoms with E-state index in [-0.39, 0.29) is 18.7 Å². The van der Waals surface area contributed by atoms with Crippen LogP contribution in [0.3, 0.4) is 0 Å². The van der Waals surface area contributed by atoms with Gasteiger partial charge in [-0.05, 0) is 37.8 Å². The fourth-order valence-electron chi connectivity index (χ4n) is 3.71. The number of nitrogens with zero attached hydrogens (tertiary/aromatic N) is 1. The van der Waals surface area contributed by atoms with Crippen molar-refractivity contribution in [3.05, 3.63) is 34.9 Å². The Morgan fingerprint density at radius 1 is 0.825 bits per heavy atom. The number of rotatable bonds is 21. The lowest BCUT2D eigenvalue weighted by Crippen LogP contribution is -2.41. The molecule has 1 aliphatic heterocycles. The number of carbonyl (C=O) groups is 4. The minimum absolute atomic E-state index is 0.0757. The van der Waals surface area contributed by atoms with Crippen LogP contribution < -0.4 is 5.32 Å². The summed E-state index contributed by atoms with van der Waals surface area (Å²) in [4.78, 5) is 48.2. The van der Waals surface area contributed by atoms with Crippen molar-refractivity contribution in [2.24, 2.45) is 0 Å². The molecular formula is C29H46N2O9. The Bertz CT molecular complexity index is 878. The number of benzene rings is 1. The van der Waals surface area contributed by atoms with Gasteiger partial charge in [-0.25, -0.2) is 0 Å². The third-order valence-electron chi connectivity index (χ3n) is 5.77. The molecule has 226 valence electrons. The van der Waals surface area contributed by atoms with Gasteiger partial charge < -0.3 is 33.8 Å². The topological polar surface area (TPSA) is 130 Å². The van der Waals surface area contributed by atoms with Gasteiger partial charge in [0.15, 0.2) is 0 Å². The van der Waals surface area contributed by atoms with Gasteiger partial charge in [0.1, 0.15) is 6.29 Å². The number of aryl methyl sites for hydroxylation is 1. The summed E-state index contributed by atoms with van der Waals surface area (Å²) in [6, 6.07) is 4.09. The van der Waals surface area contributed by atoms with E-state index in [0.717, 1.165) is 31.0 Å². The monoisotopic (exact) mass is 566 g/mol. The lowest BCUT2D eigenvalue weighted by Gasteiger charge is -2.20. The molecule has 1 aromatic rings. The highest BCUT2D eigenvalue weighted by Crippen LogP contribution is 2.28. The van der Waals surface area contributed by atoms with Crippen molar-refractivity contribution in [3.63, 3.8) is 0 Å². The van der Waals surface area contributed by atoms with Crippen LogP contribution in [0.25, 0.3) is 0 Å². The Morgan fingerprint density at radius 2 is 1.30 bits per heavy atom. The molecule has 0 fully saturated rings. The highest BCUT2D eigenvalue weighted by atomic mass is 16.6. The van der Waals surface area contributed by atoms with Crippen molar-refractivity contribution < 1.29 is 42.9 Å². The molecule has 0 radical (unpaired) electrons. The van der Waals surface area contributed by atoms with Crippen LogP contribution >= 0.6 is 0 Å². The van der Waals surface area contributed by atoms with E-state index in [1.165, 1.54) is 7.05 Å². The van der Waals surface area contributed by atoms with Crippen LogP contribution in [0.2, 0.25) is 0 Å². The van der Waals surface area contributed by atoms with Gasteiger partial charge in [0, 0.05) is 26.7 Å². The van der Waals surface area contributed by atoms with Gasteiger partial charge in [0.25, 0.3) is 11.8 Å². The molecule has 11 heteroatoms. The summed E-state index contributed by atoms with van der Waals surface area (Å²) >= 11 is 0. The summed E-state index contributed by atoms with van der Waals surface area (Å²) in [7, 11) is 1.49. The summed E-state index contributed by atoms with van der Waals surface area (Å²) in [5, 5.41) is 2.44. The molecule has 0 bridgehead atoms. The fourth-order valence-corrected chi connectivity index (χ4v) is 3.71. The third-order valence-corrected chi connectivity index (χ3v) is 5.77. The molecular weight excluding hydrogens is 520 g/mol. The van der Waals surface area contributed by atoms with E-state index in [2.05, 4.69) is 19.2 Å². The largest absolute Gasteiger partial charge is 0.379 e. The SMILES string of the molecule is CCCOCCOCCOCCOCCOCCC.CNC(=O)CCC(C=O)N1C(=O)c2cccc(C)c2C1=O. The Labute approximate surface area is 237 Å². The van der Waals surface area contributed by atoms with Gasteiger partial charge in [0.2, 0.25) is 5.91 Å². The highest BCUT2D eigenvalue weighted by molar-refractivity contribution is 6.23. The van der Waals surface area contributed by atoms with Crippen molar-refractivity contribution >= 4 is 24.0 Å². The predicted octanol–water partition coefficient (Wildman–Crippen LogP) is 2.57. The van der Waals surface area contributed by atoms with E-state index in [1.807, 2.05) is 0 Å². The summed E-state index contributed by atoms with van der Waals surface area (Å²) in [6.07, 6.45) is 2.83. The average Bonchev–Trinajstić information content (AvgIpc) is 3.22. The maximum Gasteiger partial charge on any atom is 0.262 e. The van der Waals surface area contributed by atoms with Gasteiger partial charge in [-0.15, -0.1) is 0 Å². The molecule has 1 N–H and O–H groups in total. The Morgan fingerprint density at radius 3 is 1.70 bits per heavy atom. The minimum Gasteiger partial charge on any atom is -0.379 e. The highest BCUT2D eigenvalue weighted by Gasteiger charge is 2.40. The number of hydrogen-bond donors (Lipinski definition) is 1. The number of hydrogen-bond acceptors (Lipinski definition) is 9. The maximum absolute atomic E-state index is 12.4. The second kappa shape index (κ2) is 22.0. The van der Waals surface area contributed by atoms with E-state index in [1.54, 1.807) is 25.1 Å². The van der Waals surface area contributed by atoms with E-state index in [0.29, 0.717) is 75.8 Å². The minimum atomic E-state index is -0.922. The standard InChI is InChI=1S/C15H16N2O4.C14H30O5/c1-9-4-3-5-11-13(9)15(21)17(14(11)20)10(8-18)6-7-12(19)16-2;1-3-5-15-7-9-17-11-13-19-14-12-18-10-8-16-6-4-2/h3-5,8,10H,6-7H2,1-2H3,(H,16,19);3-14H2,1-2H3. The number of ether oxygens (including phenoxy) is 5. The molecule has 1 heterocycles. The van der Waals surface area contributed by atoms with Gasteiger partial charge in [-0.2, -0.15) is 0 Å². The molecule has 11 nitrogen and oxygen atoms in total. The summed E-state index contributed by atoms with van der Waals surface area (Å²) in [5.74, 6) is -1.19. The van der Waals surface area contributed by atoms with Gasteiger partial charge in [-0.3, -0.25) is 19.3 Å². The molecule has 2 rings (SSSR count). The number of amides is 3. The quantitative estimate of drug-likeness (QED) is 0.136. The molecule has 1 unspecified atom stereocenters. The Balaban J connectivity index is 0.000000403. The molecule has 40 heavy (non-hydrogen) atoms. The first-order valence-electron chi connectivity index (χ1n) is 13.9. The molecule has 1 aliphatic rings. The molecule has 1 atom stereocenters. The Hall–Kier alpha value is -2.70. The smallest absolute Gasteiger partial charge is 0.262 e. The molecule has 0 spiro atoms. The fraction of sp³-hybridized carbons (Fsp3) is 0.655. The van der Waals surface area contributed by atoms with E-state index in [9.17, 15) is 19.2 Å². The van der Waals surface area contributed by atoms with Crippen molar-refractivity contribution in [2.75, 3.05) is 73.1 Å². The number of carbonyl (C=O) groups excluding carboxylic acids is 4. The lowest BCUT2D eigenvalue weighted by molar-refractivity contribution is -0.121. The molecule has 3 amide bonds. The Kier molecular flexibility index (Phi) is 19.5. The van der Waals surface area contributed by atoms with Gasteiger partial charge >= 0.3 is 0 Å². The molecule has 1 aromatic carbocycles. The van der Waals surface area contributed by atoms with E-state index >= 15 is 0 Å². The van der Waals surface area contributed by atoms with Crippen molar-refractivity contribution in [1.82, 2.24) is 10.2 Å². The van der Waals surface area contributed by atoms with Gasteiger partial charge in [-0.1, -0.05) is 26.0 Å². The van der Waals surface area contributed by atoms with Crippen LogP contribution in [0.1, 0.15) is 65.8 Å². The van der Waals surface area contributed by atoms with E-state index in [4.69, 9.17) is 23.7 Å². The average molecular weight is 567 g/mol. The molecule has 0 aliphatic carbocycles. The first kappa shape index (κ1) is 35.3. The summed E-state index contributed by atoms with van der Waals surface area (Å²) < 4.78 is 26.6. The van der Waals surface area contributed by atoms with Crippen LogP contribution in [0.15, 0.2) is 18.2 Å². The normalized spacial score (nSPS) is 13.1. The van der Waals surface area contributed by atoms with Crippen LogP contribution in [-0.4, -0.2) is 108 Å². The van der Waals surface area contributed by atoms with Crippen molar-refractivity contribution in [2.45, 2.75) is 52.5 Å². The lowest BCUT2D eigenvalue weighted by atomic mass is 10.0. The summed E-state index contributed by atoms with van der Waals surface area (Å²) in [6.45, 7) is 12.5. The zero-order valence-electron chi connectivity index (χ0n) is 24.4. The number of fused-ring (bicyclic) bond motifs is 1. The van der Waals surface area contributed by atoms with Crippen molar-refractivity contribution in [1.29, 1.82) is 0 Å². The van der Waals surface area contributed by atoms with Crippen LogP contribution in [0.4, 0.5) is 0 Å². The molecule has 0 aromatic heterocycles. The number of nitrogens with one attached hydrogen (secondary N) is 1. The summed E-state index contributed by atoms with van der Waals surface area (Å²) in [5.41, 5.74) is 1.35. The number of aldehydes is 1. The zero-order valence-corrected chi connectivity index (χ0v) is 24.4. The second-order valence-electron chi connectivity index (χ2n) is 8.95. The third kappa shape index (κ3) is 13.1. The first-order chi connectivity index (χ1) is 19.4.